The molecule has 2 N–H and O–H groups in total. The van der Waals surface area contributed by atoms with Gasteiger partial charge in [0.2, 0.25) is 5.91 Å². The second kappa shape index (κ2) is 6.34. The first-order valence-electron chi connectivity index (χ1n) is 8.21. The molecule has 0 aliphatic heterocycles. The third-order valence-electron chi connectivity index (χ3n) is 6.57. The highest BCUT2D eigenvalue weighted by molar-refractivity contribution is 9.24. The van der Waals surface area contributed by atoms with Crippen LogP contribution in [0.5, 0.6) is 0 Å². The van der Waals surface area contributed by atoms with Crippen LogP contribution in [0.15, 0.2) is 24.3 Å². The van der Waals surface area contributed by atoms with E-state index in [0.29, 0.717) is 5.56 Å². The van der Waals surface area contributed by atoms with Crippen molar-refractivity contribution in [1.82, 2.24) is 10.9 Å². The Labute approximate surface area is 173 Å². The molecular formula is C18H21Br3N2O2. The summed E-state index contributed by atoms with van der Waals surface area (Å²) in [5.74, 6) is -0.427. The van der Waals surface area contributed by atoms with Crippen LogP contribution in [0, 0.1) is 23.2 Å². The number of nitrogens with one attached hydrogen (secondary N) is 2. The Kier molecular flexibility index (Phi) is 4.91. The van der Waals surface area contributed by atoms with Crippen LogP contribution < -0.4 is 10.9 Å². The van der Waals surface area contributed by atoms with Crippen LogP contribution in [-0.4, -0.2) is 20.4 Å². The first kappa shape index (κ1) is 19.4. The smallest absolute Gasteiger partial charge is 0.269 e. The predicted octanol–water partition coefficient (Wildman–Crippen LogP) is 4.44. The molecule has 3 aliphatic carbocycles. The minimum Gasteiger partial charge on any atom is -0.273 e. The lowest BCUT2D eigenvalue weighted by Gasteiger charge is -2.66. The summed E-state index contributed by atoms with van der Waals surface area (Å²) in [5, 5.41) is 0. The molecule has 1 aromatic rings. The number of alkyl halides is 3. The van der Waals surface area contributed by atoms with Crippen molar-refractivity contribution in [2.45, 2.75) is 42.2 Å². The average Bonchev–Trinajstić information content (AvgIpc) is 3.02. The number of carbonyl (C=O) groups excluding carboxylic acids is 2. The number of benzene rings is 1. The van der Waals surface area contributed by atoms with Crippen LogP contribution in [0.1, 0.15) is 42.6 Å². The molecule has 136 valence electrons. The van der Waals surface area contributed by atoms with Crippen LogP contribution in [0.4, 0.5) is 0 Å². The molecule has 4 nitrogen and oxygen atoms in total. The van der Waals surface area contributed by atoms with E-state index in [9.17, 15) is 9.59 Å². The van der Waals surface area contributed by atoms with Crippen LogP contribution in [0.25, 0.3) is 0 Å². The molecule has 3 aliphatic rings. The normalized spacial score (nSPS) is 32.2. The van der Waals surface area contributed by atoms with Gasteiger partial charge in [0.15, 0.2) is 0 Å². The van der Waals surface area contributed by atoms with Gasteiger partial charge in [-0.25, -0.2) is 0 Å². The molecule has 25 heavy (non-hydrogen) atoms. The van der Waals surface area contributed by atoms with E-state index in [1.165, 1.54) is 0 Å². The number of fused-ring (bicyclic) bond motifs is 1. The number of amides is 2. The fourth-order valence-electron chi connectivity index (χ4n) is 4.82. The Hall–Kier alpha value is -0.400. The number of hydrogen-bond acceptors (Lipinski definition) is 2. The molecule has 1 aromatic carbocycles. The standard InChI is InChI=1S/C18H21Br3N2O2/c1-10-6-4-5-7-11(10)12(24)22-23-15(25)18-9-8-17(13(18)19,14(20)21)16(18,2)3/h4-7,13-14H,8-9H2,1-3H3,(H,22,24)(H,23,25). The predicted molar refractivity (Wildman–Crippen MR) is 109 cm³/mol. The molecule has 0 radical (unpaired) electrons. The van der Waals surface area contributed by atoms with Crippen molar-refractivity contribution < 1.29 is 9.59 Å². The summed E-state index contributed by atoms with van der Waals surface area (Å²) in [7, 11) is 0. The minimum atomic E-state index is -0.536. The Morgan fingerprint density at radius 3 is 2.32 bits per heavy atom. The number of carbonyl (C=O) groups is 2. The van der Waals surface area contributed by atoms with Gasteiger partial charge in [-0.1, -0.05) is 79.8 Å². The van der Waals surface area contributed by atoms with Gasteiger partial charge in [-0.15, -0.1) is 0 Å². The van der Waals surface area contributed by atoms with Crippen molar-refractivity contribution in [3.63, 3.8) is 0 Å². The quantitative estimate of drug-likeness (QED) is 0.443. The van der Waals surface area contributed by atoms with Crippen molar-refractivity contribution in [3.8, 4) is 0 Å². The number of hydrogen-bond donors (Lipinski definition) is 2. The molecule has 0 spiro atoms. The highest BCUT2D eigenvalue weighted by Crippen LogP contribution is 2.82. The fraction of sp³-hybridized carbons (Fsp3) is 0.556. The van der Waals surface area contributed by atoms with Crippen LogP contribution in [-0.2, 0) is 4.79 Å². The fourth-order valence-corrected chi connectivity index (χ4v) is 9.73. The van der Waals surface area contributed by atoms with E-state index in [-0.39, 0.29) is 31.2 Å². The molecule has 3 unspecified atom stereocenters. The van der Waals surface area contributed by atoms with Crippen LogP contribution >= 0.6 is 47.8 Å². The highest BCUT2D eigenvalue weighted by atomic mass is 79.9. The van der Waals surface area contributed by atoms with Crippen molar-refractivity contribution in [2.24, 2.45) is 16.2 Å². The Morgan fingerprint density at radius 2 is 1.80 bits per heavy atom. The molecule has 7 heteroatoms. The maximum Gasteiger partial charge on any atom is 0.269 e. The van der Waals surface area contributed by atoms with Gasteiger partial charge in [-0.2, -0.15) is 0 Å². The van der Waals surface area contributed by atoms with Gasteiger partial charge < -0.3 is 0 Å². The Bertz CT molecular complexity index is 737. The monoisotopic (exact) mass is 534 g/mol. The Balaban J connectivity index is 1.75. The van der Waals surface area contributed by atoms with Gasteiger partial charge in [-0.05, 0) is 36.8 Å². The maximum atomic E-state index is 13.0. The van der Waals surface area contributed by atoms with Crippen LogP contribution in [0.2, 0.25) is 0 Å². The van der Waals surface area contributed by atoms with Gasteiger partial charge in [0.25, 0.3) is 5.91 Å². The zero-order valence-electron chi connectivity index (χ0n) is 14.3. The number of rotatable bonds is 3. The van der Waals surface area contributed by atoms with E-state index in [1.54, 1.807) is 6.07 Å². The summed E-state index contributed by atoms with van der Waals surface area (Å²) in [6.45, 7) is 6.14. The first-order valence-corrected chi connectivity index (χ1v) is 11.0. The van der Waals surface area contributed by atoms with Gasteiger partial charge >= 0.3 is 0 Å². The largest absolute Gasteiger partial charge is 0.273 e. The summed E-state index contributed by atoms with van der Waals surface area (Å²) >= 11 is 11.1. The lowest BCUT2D eigenvalue weighted by atomic mass is 9.43. The van der Waals surface area contributed by atoms with Gasteiger partial charge in [0.1, 0.15) is 0 Å². The second-order valence-electron chi connectivity index (χ2n) is 7.52. The maximum absolute atomic E-state index is 13.0. The second-order valence-corrected chi connectivity index (χ2v) is 11.5. The minimum absolute atomic E-state index is 0.0373. The topological polar surface area (TPSA) is 58.2 Å². The van der Waals surface area contributed by atoms with Crippen LogP contribution in [0.3, 0.4) is 0 Å². The molecule has 0 saturated heterocycles. The highest BCUT2D eigenvalue weighted by Gasteiger charge is 2.83. The van der Waals surface area contributed by atoms with E-state index in [0.717, 1.165) is 18.4 Å². The van der Waals surface area contributed by atoms with Crippen molar-refractivity contribution in [2.75, 3.05) is 0 Å². The molecule has 0 aromatic heterocycles. The SMILES string of the molecule is Cc1ccccc1C(=O)NNC(=O)C12CCC(C(Br)Br)(C1Br)C2(C)C. The van der Waals surface area contributed by atoms with E-state index in [2.05, 4.69) is 72.5 Å². The van der Waals surface area contributed by atoms with Crippen molar-refractivity contribution >= 4 is 59.6 Å². The van der Waals surface area contributed by atoms with E-state index < -0.39 is 5.41 Å². The molecule has 3 fully saturated rings. The Morgan fingerprint density at radius 1 is 1.16 bits per heavy atom. The van der Waals surface area contributed by atoms with Gasteiger partial charge in [0.05, 0.1) is 9.15 Å². The number of hydrazine groups is 1. The third-order valence-corrected chi connectivity index (χ3v) is 9.80. The molecule has 2 amide bonds. The average molecular weight is 537 g/mol. The lowest BCUT2D eigenvalue weighted by Crippen LogP contribution is -2.72. The van der Waals surface area contributed by atoms with Crippen molar-refractivity contribution in [3.05, 3.63) is 35.4 Å². The molecule has 3 saturated carbocycles. The van der Waals surface area contributed by atoms with E-state index in [4.69, 9.17) is 0 Å². The number of halogens is 3. The molecular weight excluding hydrogens is 516 g/mol. The number of aryl methyl sites for hydroxylation is 1. The third kappa shape index (κ3) is 2.34. The zero-order chi connectivity index (χ0) is 18.6. The van der Waals surface area contributed by atoms with Crippen molar-refractivity contribution in [1.29, 1.82) is 0 Å². The molecule has 2 bridgehead atoms. The first-order chi connectivity index (χ1) is 11.6. The summed E-state index contributed by atoms with van der Waals surface area (Å²) in [4.78, 5) is 25.4. The molecule has 4 rings (SSSR count). The summed E-state index contributed by atoms with van der Waals surface area (Å²) < 4.78 is 0.122. The van der Waals surface area contributed by atoms with E-state index in [1.807, 2.05) is 25.1 Å². The molecule has 0 heterocycles. The van der Waals surface area contributed by atoms with E-state index >= 15 is 0 Å². The molecule has 3 atom stereocenters. The summed E-state index contributed by atoms with van der Waals surface area (Å²) in [5.41, 5.74) is 5.91. The van der Waals surface area contributed by atoms with Gasteiger partial charge in [-0.3, -0.25) is 20.4 Å². The lowest BCUT2D eigenvalue weighted by molar-refractivity contribution is -0.162. The van der Waals surface area contributed by atoms with Gasteiger partial charge in [0, 0.05) is 15.8 Å². The zero-order valence-corrected chi connectivity index (χ0v) is 19.1. The summed E-state index contributed by atoms with van der Waals surface area (Å²) in [6.07, 6.45) is 1.73. The summed E-state index contributed by atoms with van der Waals surface area (Å²) in [6, 6.07) is 7.31.